The smallest absolute Gasteiger partial charge is 0.409 e. The van der Waals surface area contributed by atoms with Crippen LogP contribution in [-0.2, 0) is 48.4 Å². The van der Waals surface area contributed by atoms with Crippen LogP contribution in [0.15, 0.2) is 35.2 Å². The van der Waals surface area contributed by atoms with Gasteiger partial charge in [0, 0.05) is 25.4 Å². The maximum absolute atomic E-state index is 14.2. The standard InChI is InChI=1S/C31H52N7O8P2SSi/c1-17(2)18(3)35-30-36-19(4)23-28(37-30)38(16-34-23)29-27-26(40-8)22(43-29)14-41-47(49)44-24-20(13-42-48(9,39)45-27)12-21(33-15-32)25(24)46-50(10,11)31(5,6)7/h15-17,20-22,24-27,29H,3-4,12-14H2,1-2,5-11H3,(H2,32,33)(H2,35,36,37)/q+1/t20?,21?,22?,24?,25?,26?,27?,29?,48-/m0/s1. The molecule has 1 aliphatic carbocycles. The number of nitrogens with zero attached hydrogens (tertiary/aromatic N) is 4. The fourth-order valence-electron chi connectivity index (χ4n) is 6.06. The summed E-state index contributed by atoms with van der Waals surface area (Å²) in [7, 11) is -6.36. The van der Waals surface area contributed by atoms with E-state index in [-0.39, 0.29) is 36.1 Å². The van der Waals surface area contributed by atoms with E-state index in [1.165, 1.54) is 20.1 Å². The number of nitrogens with one attached hydrogen (secondary N) is 2. The SMILES string of the molecule is C=C1NC(NC(=C)C(C)C)=Nc2c1ncn2C1OC2CO[P+](=S)OC3C(CO[P@](C)(=O)OC1C2OC)CC(N=CN)C3O[Si](C)(C)C(C)(C)C. The lowest BCUT2D eigenvalue weighted by atomic mass is 10.1. The summed E-state index contributed by atoms with van der Waals surface area (Å²) < 4.78 is 60.4. The maximum atomic E-state index is 14.2. The van der Waals surface area contributed by atoms with Gasteiger partial charge in [-0.25, -0.2) is 4.98 Å². The van der Waals surface area contributed by atoms with Gasteiger partial charge in [0.1, 0.15) is 36.7 Å². The molecular formula is C31H52N7O8P2SSi+. The van der Waals surface area contributed by atoms with Gasteiger partial charge in [0.25, 0.3) is 0 Å². The van der Waals surface area contributed by atoms with Gasteiger partial charge in [0.15, 0.2) is 20.4 Å². The number of fused-ring (bicyclic) bond motifs is 4. The first-order chi connectivity index (χ1) is 23.4. The number of guanidine groups is 1. The maximum Gasteiger partial charge on any atom is 0.522 e. The average Bonchev–Trinajstić information content (AvgIpc) is 3.68. The Kier molecular flexibility index (Phi) is 12.0. The van der Waals surface area contributed by atoms with E-state index in [1.807, 2.05) is 13.8 Å². The van der Waals surface area contributed by atoms with E-state index in [1.54, 1.807) is 10.9 Å². The third-order valence-corrected chi connectivity index (χ3v) is 17.0. The molecule has 0 radical (unpaired) electrons. The highest BCUT2D eigenvalue weighted by atomic mass is 32.4. The van der Waals surface area contributed by atoms with Crippen LogP contribution in [0.1, 0.15) is 53.0 Å². The molecule has 5 rings (SSSR count). The van der Waals surface area contributed by atoms with Crippen LogP contribution in [0.5, 0.6) is 0 Å². The molecule has 1 aromatic heterocycles. The molecular weight excluding hydrogens is 720 g/mol. The van der Waals surface area contributed by atoms with Gasteiger partial charge in [-0.05, 0) is 30.5 Å². The van der Waals surface area contributed by atoms with Crippen molar-refractivity contribution in [2.24, 2.45) is 27.6 Å². The molecule has 15 nitrogen and oxygen atoms in total. The summed E-state index contributed by atoms with van der Waals surface area (Å²) in [6.07, 6.45) is -0.818. The van der Waals surface area contributed by atoms with Gasteiger partial charge >= 0.3 is 14.7 Å². The number of hydrogen-bond acceptors (Lipinski definition) is 14. The Morgan fingerprint density at radius 2 is 2.04 bits per heavy atom. The lowest BCUT2D eigenvalue weighted by Gasteiger charge is -2.40. The van der Waals surface area contributed by atoms with Crippen LogP contribution >= 0.6 is 14.7 Å². The molecule has 1 aromatic rings. The molecule has 1 saturated carbocycles. The molecule has 0 spiro atoms. The Bertz CT molecular complexity index is 1580. The molecule has 4 heterocycles. The van der Waals surface area contributed by atoms with Gasteiger partial charge in [-0.3, -0.25) is 18.6 Å². The minimum absolute atomic E-state index is 0.0178. The topological polar surface area (TPSA) is 174 Å². The number of ether oxygens (including phenoxy) is 2. The molecule has 4 N–H and O–H groups in total. The third-order valence-electron chi connectivity index (χ3n) is 9.96. The van der Waals surface area contributed by atoms with Crippen LogP contribution in [0.3, 0.4) is 0 Å². The first-order valence-electron chi connectivity index (χ1n) is 16.7. The number of allylic oxidation sites excluding steroid dienone is 1. The van der Waals surface area contributed by atoms with Crippen molar-refractivity contribution in [3.63, 3.8) is 0 Å². The van der Waals surface area contributed by atoms with Crippen LogP contribution in [0.25, 0.3) is 5.70 Å². The Morgan fingerprint density at radius 3 is 2.68 bits per heavy atom. The Hall–Kier alpha value is -1.88. The zero-order chi connectivity index (χ0) is 36.8. The highest BCUT2D eigenvalue weighted by Gasteiger charge is 2.55. The van der Waals surface area contributed by atoms with Crippen molar-refractivity contribution in [1.29, 1.82) is 0 Å². The van der Waals surface area contributed by atoms with Crippen molar-refractivity contribution in [2.75, 3.05) is 27.0 Å². The number of methoxy groups -OCH3 is 1. The molecule has 3 aliphatic heterocycles. The van der Waals surface area contributed by atoms with E-state index in [0.29, 0.717) is 29.6 Å². The highest BCUT2D eigenvalue weighted by molar-refractivity contribution is 8.00. The van der Waals surface area contributed by atoms with Crippen molar-refractivity contribution >= 4 is 58.7 Å². The molecule has 19 heteroatoms. The van der Waals surface area contributed by atoms with Crippen molar-refractivity contribution in [1.82, 2.24) is 20.2 Å². The Morgan fingerprint density at radius 1 is 1.32 bits per heavy atom. The van der Waals surface area contributed by atoms with E-state index < -0.39 is 59.8 Å². The third kappa shape index (κ3) is 8.34. The quantitative estimate of drug-likeness (QED) is 0.141. The molecule has 4 aliphatic rings. The highest BCUT2D eigenvalue weighted by Crippen LogP contribution is 2.53. The Labute approximate surface area is 302 Å². The minimum atomic E-state index is -3.75. The van der Waals surface area contributed by atoms with Crippen LogP contribution in [0.4, 0.5) is 5.82 Å². The number of aromatic nitrogens is 2. The summed E-state index contributed by atoms with van der Waals surface area (Å²) in [5.41, 5.74) is 7.61. The number of nitrogens with two attached hydrogens (primary N) is 1. The van der Waals surface area contributed by atoms with E-state index in [4.69, 9.17) is 54.5 Å². The fraction of sp³-hybridized carbons (Fsp3) is 0.710. The van der Waals surface area contributed by atoms with Gasteiger partial charge in [-0.1, -0.05) is 47.8 Å². The predicted molar refractivity (Wildman–Crippen MR) is 199 cm³/mol. The number of imidazole rings is 1. The second-order valence-electron chi connectivity index (χ2n) is 14.9. The molecule has 2 saturated heterocycles. The fourth-order valence-corrected chi connectivity index (χ4v) is 9.88. The lowest BCUT2D eigenvalue weighted by molar-refractivity contribution is -0.0520. The Balaban J connectivity index is 1.46. The molecule has 278 valence electrons. The minimum Gasteiger partial charge on any atom is -0.409 e. The molecule has 0 amide bonds. The van der Waals surface area contributed by atoms with E-state index in [2.05, 4.69) is 67.6 Å². The van der Waals surface area contributed by atoms with Crippen molar-refractivity contribution < 1.29 is 36.6 Å². The summed E-state index contributed by atoms with van der Waals surface area (Å²) in [6, 6.07) is -0.313. The molecule has 9 unspecified atom stereocenters. The van der Waals surface area contributed by atoms with Gasteiger partial charge in [-0.15, -0.1) is 9.05 Å². The summed E-state index contributed by atoms with van der Waals surface area (Å²) in [5, 5.41) is 6.27. The zero-order valence-corrected chi connectivity index (χ0v) is 33.9. The summed E-state index contributed by atoms with van der Waals surface area (Å²) in [6.45, 7) is 24.6. The van der Waals surface area contributed by atoms with Crippen molar-refractivity contribution in [2.45, 2.75) is 102 Å². The normalized spacial score (nSPS) is 34.7. The first-order valence-corrected chi connectivity index (χ1v) is 23.8. The molecule has 2 bridgehead atoms. The van der Waals surface area contributed by atoms with Crippen LogP contribution in [-0.4, -0.2) is 93.7 Å². The van der Waals surface area contributed by atoms with Gasteiger partial charge in [0.05, 0.1) is 37.1 Å². The molecule has 50 heavy (non-hydrogen) atoms. The summed E-state index contributed by atoms with van der Waals surface area (Å²) in [5.74, 6) is 0.770. The lowest BCUT2D eigenvalue weighted by Crippen LogP contribution is -2.49. The monoisotopic (exact) mass is 772 g/mol. The average molecular weight is 773 g/mol. The van der Waals surface area contributed by atoms with E-state index in [0.717, 1.165) is 5.70 Å². The van der Waals surface area contributed by atoms with E-state index in [9.17, 15) is 4.57 Å². The van der Waals surface area contributed by atoms with Crippen LogP contribution in [0, 0.1) is 11.8 Å². The number of hydrogen-bond donors (Lipinski definition) is 3. The summed E-state index contributed by atoms with van der Waals surface area (Å²) >= 11 is 5.78. The first kappa shape index (κ1) is 39.3. The summed E-state index contributed by atoms with van der Waals surface area (Å²) in [4.78, 5) is 13.9. The largest absolute Gasteiger partial charge is 0.522 e. The number of aliphatic imine (C=N–C) groups is 2. The molecule has 3 fully saturated rings. The molecule has 0 aromatic carbocycles. The van der Waals surface area contributed by atoms with Gasteiger partial charge < -0.3 is 34.8 Å². The van der Waals surface area contributed by atoms with Crippen molar-refractivity contribution in [3.05, 3.63) is 30.9 Å². The number of rotatable bonds is 7. The molecule has 10 atom stereocenters. The zero-order valence-electron chi connectivity index (χ0n) is 30.3. The second-order valence-corrected chi connectivity index (χ2v) is 23.5. The van der Waals surface area contributed by atoms with E-state index >= 15 is 0 Å². The van der Waals surface area contributed by atoms with Crippen LogP contribution in [0.2, 0.25) is 18.1 Å². The van der Waals surface area contributed by atoms with Gasteiger partial charge in [0.2, 0.25) is 17.8 Å². The van der Waals surface area contributed by atoms with Crippen LogP contribution < -0.4 is 16.4 Å². The van der Waals surface area contributed by atoms with Gasteiger partial charge in [-0.2, -0.15) is 4.99 Å². The van der Waals surface area contributed by atoms with Crippen molar-refractivity contribution in [3.8, 4) is 0 Å². The predicted octanol–water partition coefficient (Wildman–Crippen LogP) is 5.30. The second kappa shape index (κ2) is 15.2.